The molecular weight excluding hydrogens is 372 g/mol. The highest BCUT2D eigenvalue weighted by atomic mass is 32.2. The summed E-state index contributed by atoms with van der Waals surface area (Å²) in [5, 5.41) is -0.369. The van der Waals surface area contributed by atoms with Crippen LogP contribution in [0.4, 0.5) is 0 Å². The van der Waals surface area contributed by atoms with E-state index in [1.165, 1.54) is 29.8 Å². The molecule has 0 aliphatic carbocycles. The molecule has 27 heavy (non-hydrogen) atoms. The molecule has 0 bridgehead atoms. The van der Waals surface area contributed by atoms with Crippen LogP contribution < -0.4 is 0 Å². The molecule has 2 saturated heterocycles. The van der Waals surface area contributed by atoms with Gasteiger partial charge in [-0.1, -0.05) is 0 Å². The molecule has 2 aliphatic heterocycles. The first kappa shape index (κ1) is 19.8. The molecule has 0 N–H and O–H groups in total. The molecular formula is C18H24N2O6S. The van der Waals surface area contributed by atoms with E-state index in [9.17, 15) is 14.4 Å². The van der Waals surface area contributed by atoms with E-state index < -0.39 is 12.0 Å². The Morgan fingerprint density at radius 1 is 1.26 bits per heavy atom. The van der Waals surface area contributed by atoms with Crippen LogP contribution in [0, 0.1) is 0 Å². The second-order valence-electron chi connectivity index (χ2n) is 6.81. The van der Waals surface area contributed by atoms with Crippen LogP contribution in [0.2, 0.25) is 0 Å². The van der Waals surface area contributed by atoms with Crippen LogP contribution >= 0.6 is 11.8 Å². The molecule has 0 spiro atoms. The Morgan fingerprint density at radius 2 is 1.96 bits per heavy atom. The number of thioether (sulfide) groups is 1. The van der Waals surface area contributed by atoms with Crippen molar-refractivity contribution in [3.8, 4) is 0 Å². The zero-order valence-electron chi connectivity index (χ0n) is 15.6. The third-order valence-electron chi connectivity index (χ3n) is 4.53. The Balaban J connectivity index is 1.58. The van der Waals surface area contributed by atoms with Crippen molar-refractivity contribution < 1.29 is 28.3 Å². The van der Waals surface area contributed by atoms with Crippen LogP contribution in [0.3, 0.4) is 0 Å². The fourth-order valence-corrected chi connectivity index (χ4v) is 4.84. The fraction of sp³-hybridized carbons (Fsp3) is 0.611. The number of furan rings is 1. The predicted octanol–water partition coefficient (Wildman–Crippen LogP) is 1.42. The van der Waals surface area contributed by atoms with Crippen LogP contribution in [-0.2, 0) is 23.9 Å². The third kappa shape index (κ3) is 4.47. The normalized spacial score (nSPS) is 28.3. The first-order valence-corrected chi connectivity index (χ1v) is 9.95. The summed E-state index contributed by atoms with van der Waals surface area (Å²) in [5.41, 5.74) is 0. The van der Waals surface area contributed by atoms with Gasteiger partial charge in [0.15, 0.2) is 6.61 Å². The summed E-state index contributed by atoms with van der Waals surface area (Å²) < 4.78 is 16.2. The molecule has 3 heterocycles. The Hall–Kier alpha value is -2.00. The highest BCUT2D eigenvalue weighted by Crippen LogP contribution is 2.41. The quantitative estimate of drug-likeness (QED) is 0.711. The molecule has 0 radical (unpaired) electrons. The van der Waals surface area contributed by atoms with Gasteiger partial charge in [-0.15, -0.1) is 11.8 Å². The van der Waals surface area contributed by atoms with Crippen molar-refractivity contribution in [2.24, 2.45) is 0 Å². The zero-order valence-corrected chi connectivity index (χ0v) is 16.4. The molecule has 9 heteroatoms. The molecule has 1 aromatic rings. The van der Waals surface area contributed by atoms with Crippen LogP contribution in [-0.4, -0.2) is 71.3 Å². The summed E-state index contributed by atoms with van der Waals surface area (Å²) in [5.74, 6) is -0.0744. The van der Waals surface area contributed by atoms with Gasteiger partial charge in [0.05, 0.1) is 18.5 Å². The lowest BCUT2D eigenvalue weighted by Crippen LogP contribution is -2.50. The molecule has 8 nitrogen and oxygen atoms in total. The topological polar surface area (TPSA) is 89.3 Å². The Kier molecular flexibility index (Phi) is 6.11. The van der Waals surface area contributed by atoms with Crippen LogP contribution in [0.5, 0.6) is 0 Å². The molecule has 2 fully saturated rings. The van der Waals surface area contributed by atoms with Crippen molar-refractivity contribution >= 4 is 29.5 Å². The molecule has 2 amide bonds. The van der Waals surface area contributed by atoms with E-state index in [1.807, 2.05) is 13.8 Å². The highest BCUT2D eigenvalue weighted by molar-refractivity contribution is 7.99. The summed E-state index contributed by atoms with van der Waals surface area (Å²) in [7, 11) is 0. The van der Waals surface area contributed by atoms with Gasteiger partial charge >= 0.3 is 5.97 Å². The van der Waals surface area contributed by atoms with E-state index in [4.69, 9.17) is 13.9 Å². The second kappa shape index (κ2) is 8.35. The van der Waals surface area contributed by atoms with E-state index in [0.29, 0.717) is 24.6 Å². The van der Waals surface area contributed by atoms with E-state index >= 15 is 0 Å². The van der Waals surface area contributed by atoms with E-state index in [2.05, 4.69) is 0 Å². The van der Waals surface area contributed by atoms with Gasteiger partial charge in [0.25, 0.3) is 5.91 Å². The van der Waals surface area contributed by atoms with Crippen LogP contribution in [0.15, 0.2) is 22.8 Å². The first-order chi connectivity index (χ1) is 12.9. The number of amides is 2. The number of ether oxygens (including phenoxy) is 2. The summed E-state index contributed by atoms with van der Waals surface area (Å²) in [6.07, 6.45) is 1.42. The summed E-state index contributed by atoms with van der Waals surface area (Å²) >= 11 is 1.43. The maximum Gasteiger partial charge on any atom is 0.330 e. The van der Waals surface area contributed by atoms with Crippen molar-refractivity contribution in [1.29, 1.82) is 0 Å². The standard InChI is InChI=1S/C18H24N2O6S/c1-11-7-19(8-12(2)26-11)16(22)9-25-18(23)14-10-27-17(20(14)13(3)21)15-5-4-6-24-15/h4-6,11-12,14,17H,7-10H2,1-3H3/t11-,12+,14-,17+/m0/s1. The van der Waals surface area contributed by atoms with Gasteiger partial charge in [0, 0.05) is 25.8 Å². The van der Waals surface area contributed by atoms with Crippen molar-refractivity contribution in [2.45, 2.75) is 44.4 Å². The summed E-state index contributed by atoms with van der Waals surface area (Å²) in [4.78, 5) is 40.1. The Labute approximate surface area is 162 Å². The zero-order chi connectivity index (χ0) is 19.6. The number of hydrogen-bond acceptors (Lipinski definition) is 7. The lowest BCUT2D eigenvalue weighted by Gasteiger charge is -2.35. The van der Waals surface area contributed by atoms with Crippen molar-refractivity contribution in [3.05, 3.63) is 24.2 Å². The molecule has 148 valence electrons. The number of carbonyl (C=O) groups is 3. The predicted molar refractivity (Wildman–Crippen MR) is 97.8 cm³/mol. The van der Waals surface area contributed by atoms with Crippen molar-refractivity contribution in [3.63, 3.8) is 0 Å². The minimum atomic E-state index is -0.738. The van der Waals surface area contributed by atoms with E-state index in [0.717, 1.165) is 0 Å². The second-order valence-corrected chi connectivity index (χ2v) is 7.92. The largest absolute Gasteiger partial charge is 0.466 e. The fourth-order valence-electron chi connectivity index (χ4n) is 3.43. The monoisotopic (exact) mass is 396 g/mol. The SMILES string of the molecule is CC(=O)N1[C@@H](c2ccco2)SC[C@H]1C(=O)OCC(=O)N1C[C@@H](C)O[C@@H](C)C1. The first-order valence-electron chi connectivity index (χ1n) is 8.90. The van der Waals surface area contributed by atoms with Gasteiger partial charge in [0.1, 0.15) is 17.2 Å². The number of morpholine rings is 1. The van der Waals surface area contributed by atoms with Gasteiger partial charge in [-0.3, -0.25) is 9.59 Å². The third-order valence-corrected chi connectivity index (χ3v) is 5.82. The average molecular weight is 396 g/mol. The molecule has 1 aromatic heterocycles. The van der Waals surface area contributed by atoms with Gasteiger partial charge < -0.3 is 23.7 Å². The lowest BCUT2D eigenvalue weighted by molar-refractivity contribution is -0.161. The molecule has 3 rings (SSSR count). The number of nitrogens with zero attached hydrogens (tertiary/aromatic N) is 2. The average Bonchev–Trinajstić information content (AvgIpc) is 3.27. The highest BCUT2D eigenvalue weighted by Gasteiger charge is 2.43. The van der Waals surface area contributed by atoms with Gasteiger partial charge in [-0.2, -0.15) is 0 Å². The van der Waals surface area contributed by atoms with E-state index in [-0.39, 0.29) is 36.0 Å². The van der Waals surface area contributed by atoms with Gasteiger partial charge in [0.2, 0.25) is 5.91 Å². The van der Waals surface area contributed by atoms with Crippen LogP contribution in [0.1, 0.15) is 31.9 Å². The number of esters is 1. The smallest absolute Gasteiger partial charge is 0.330 e. The molecule has 0 aromatic carbocycles. The molecule has 4 atom stereocenters. The molecule has 2 aliphatic rings. The van der Waals surface area contributed by atoms with Crippen molar-refractivity contribution in [2.75, 3.05) is 25.4 Å². The Bertz CT molecular complexity index is 684. The summed E-state index contributed by atoms with van der Waals surface area (Å²) in [6.45, 7) is 5.81. The molecule has 0 unspecified atom stereocenters. The summed E-state index contributed by atoms with van der Waals surface area (Å²) in [6, 6.07) is 2.77. The Morgan fingerprint density at radius 3 is 2.56 bits per heavy atom. The minimum absolute atomic E-state index is 0.0538. The van der Waals surface area contributed by atoms with Gasteiger partial charge in [-0.05, 0) is 26.0 Å². The molecule has 0 saturated carbocycles. The van der Waals surface area contributed by atoms with Crippen LogP contribution in [0.25, 0.3) is 0 Å². The lowest BCUT2D eigenvalue weighted by atomic mass is 10.2. The number of carbonyl (C=O) groups excluding carboxylic acids is 3. The van der Waals surface area contributed by atoms with Gasteiger partial charge in [-0.25, -0.2) is 4.79 Å². The number of hydrogen-bond donors (Lipinski definition) is 0. The van der Waals surface area contributed by atoms with Crippen molar-refractivity contribution in [1.82, 2.24) is 9.80 Å². The van der Waals surface area contributed by atoms with E-state index in [1.54, 1.807) is 17.0 Å². The minimum Gasteiger partial charge on any atom is -0.466 e. The maximum atomic E-state index is 12.5. The number of rotatable bonds is 4. The maximum absolute atomic E-state index is 12.5.